The fourth-order valence-corrected chi connectivity index (χ4v) is 3.68. The normalized spacial score (nSPS) is 13.4. The van der Waals surface area contributed by atoms with Crippen molar-refractivity contribution in [2.45, 2.75) is 72.2 Å². The van der Waals surface area contributed by atoms with Gasteiger partial charge in [-0.3, -0.25) is 14.5 Å². The Kier molecular flexibility index (Phi) is 10.1. The van der Waals surface area contributed by atoms with Crippen molar-refractivity contribution in [1.29, 1.82) is 0 Å². The van der Waals surface area contributed by atoms with E-state index in [1.165, 1.54) is 6.07 Å². The van der Waals surface area contributed by atoms with Gasteiger partial charge in [-0.05, 0) is 62.4 Å². The van der Waals surface area contributed by atoms with Crippen LogP contribution in [-0.2, 0) is 20.9 Å². The Morgan fingerprint density at radius 3 is 2.32 bits per heavy atom. The molecule has 3 amide bonds. The first kappa shape index (κ1) is 29.2. The molecule has 3 unspecified atom stereocenters. The number of rotatable bonds is 9. The van der Waals surface area contributed by atoms with Crippen molar-refractivity contribution >= 4 is 17.9 Å². The molecule has 0 aliphatic carbocycles. The predicted molar refractivity (Wildman–Crippen MR) is 142 cm³/mol. The number of terminal acetylenes is 1. The average molecular weight is 508 g/mol. The number of carbonyl (C=O) groups is 3. The van der Waals surface area contributed by atoms with E-state index >= 15 is 0 Å². The number of aromatic hydroxyl groups is 1. The van der Waals surface area contributed by atoms with Crippen LogP contribution in [0.3, 0.4) is 0 Å². The summed E-state index contributed by atoms with van der Waals surface area (Å²) >= 11 is 0. The molecule has 0 heterocycles. The lowest BCUT2D eigenvalue weighted by atomic mass is 9.95. The number of hydrogen-bond donors (Lipinski definition) is 3. The molecule has 0 spiro atoms. The Bertz CT molecular complexity index is 1130. The van der Waals surface area contributed by atoms with Crippen LogP contribution in [0.15, 0.2) is 48.5 Å². The molecule has 0 fully saturated rings. The number of aryl methyl sites for hydroxylation is 1. The number of phenolic OH excluding ortho intramolecular Hbond substituents is 1. The van der Waals surface area contributed by atoms with E-state index in [1.54, 1.807) is 39.8 Å². The molecule has 8 heteroatoms. The summed E-state index contributed by atoms with van der Waals surface area (Å²) in [4.78, 5) is 40.9. The molecule has 37 heavy (non-hydrogen) atoms. The number of ether oxygens (including phenoxy) is 1. The zero-order valence-electron chi connectivity index (χ0n) is 22.4. The number of carbonyl (C=O) groups excluding carboxylic acids is 3. The highest BCUT2D eigenvalue weighted by Crippen LogP contribution is 2.27. The number of benzene rings is 2. The van der Waals surface area contributed by atoms with Crippen LogP contribution in [0.25, 0.3) is 0 Å². The van der Waals surface area contributed by atoms with Crippen LogP contribution in [0.5, 0.6) is 5.75 Å². The van der Waals surface area contributed by atoms with Gasteiger partial charge in [0.15, 0.2) is 0 Å². The Hall–Kier alpha value is -3.99. The molecule has 0 aromatic heterocycles. The third-order valence-corrected chi connectivity index (χ3v) is 5.88. The maximum Gasteiger partial charge on any atom is 0.408 e. The van der Waals surface area contributed by atoms with Gasteiger partial charge in [0.25, 0.3) is 5.91 Å². The highest BCUT2D eigenvalue weighted by molar-refractivity contribution is 5.93. The van der Waals surface area contributed by atoms with Crippen molar-refractivity contribution in [2.75, 3.05) is 0 Å². The third kappa shape index (κ3) is 8.28. The quantitative estimate of drug-likeness (QED) is 0.344. The van der Waals surface area contributed by atoms with Crippen molar-refractivity contribution in [1.82, 2.24) is 15.5 Å². The molecule has 0 saturated carbocycles. The van der Waals surface area contributed by atoms with Gasteiger partial charge < -0.3 is 20.5 Å². The fourth-order valence-electron chi connectivity index (χ4n) is 3.68. The summed E-state index contributed by atoms with van der Waals surface area (Å²) < 4.78 is 5.36. The van der Waals surface area contributed by atoms with Gasteiger partial charge in [0.1, 0.15) is 23.4 Å². The smallest absolute Gasteiger partial charge is 0.408 e. The highest BCUT2D eigenvalue weighted by atomic mass is 16.6. The molecule has 0 aliphatic heterocycles. The maximum atomic E-state index is 13.8. The minimum Gasteiger partial charge on any atom is -0.508 e. The van der Waals surface area contributed by atoms with Gasteiger partial charge >= 0.3 is 6.09 Å². The minimum atomic E-state index is -1.20. The molecule has 0 saturated heterocycles. The van der Waals surface area contributed by atoms with Gasteiger partial charge in [0.2, 0.25) is 5.91 Å². The van der Waals surface area contributed by atoms with Crippen LogP contribution in [-0.4, -0.2) is 39.6 Å². The Balaban J connectivity index is 2.44. The van der Waals surface area contributed by atoms with Crippen LogP contribution in [0.4, 0.5) is 4.79 Å². The van der Waals surface area contributed by atoms with E-state index < -0.39 is 35.6 Å². The van der Waals surface area contributed by atoms with Gasteiger partial charge in [-0.1, -0.05) is 63.1 Å². The SMILES string of the molecule is C#CN(C(=O)C(NC(=O)OC(C)(C)C)C(C)CC)C(C(=O)NCc1ccccc1)c1ccc(O)c(C)c1. The van der Waals surface area contributed by atoms with E-state index in [-0.39, 0.29) is 18.2 Å². The molecule has 8 nitrogen and oxygen atoms in total. The van der Waals surface area contributed by atoms with E-state index in [9.17, 15) is 19.5 Å². The number of nitrogens with zero attached hydrogens (tertiary/aromatic N) is 1. The number of hydrogen-bond acceptors (Lipinski definition) is 5. The Labute approximate surface area is 219 Å². The van der Waals surface area contributed by atoms with Gasteiger partial charge in [-0.15, -0.1) is 0 Å². The lowest BCUT2D eigenvalue weighted by Gasteiger charge is -2.32. The molecular formula is C29H37N3O5. The number of alkyl carbamates (subject to hydrolysis) is 1. The minimum absolute atomic E-state index is 0.0508. The predicted octanol–water partition coefficient (Wildman–Crippen LogP) is 4.42. The average Bonchev–Trinajstić information content (AvgIpc) is 2.84. The first-order chi connectivity index (χ1) is 17.4. The molecular weight excluding hydrogens is 470 g/mol. The zero-order chi connectivity index (χ0) is 27.8. The first-order valence-corrected chi connectivity index (χ1v) is 12.3. The lowest BCUT2D eigenvalue weighted by Crippen LogP contribution is -2.53. The van der Waals surface area contributed by atoms with Gasteiger partial charge in [-0.25, -0.2) is 4.79 Å². The zero-order valence-corrected chi connectivity index (χ0v) is 22.4. The van der Waals surface area contributed by atoms with Crippen LogP contribution in [0.2, 0.25) is 0 Å². The van der Waals surface area contributed by atoms with E-state index in [0.29, 0.717) is 17.5 Å². The summed E-state index contributed by atoms with van der Waals surface area (Å²) in [5.41, 5.74) is 1.06. The molecule has 3 N–H and O–H groups in total. The summed E-state index contributed by atoms with van der Waals surface area (Å²) in [5, 5.41) is 15.5. The highest BCUT2D eigenvalue weighted by Gasteiger charge is 2.38. The summed E-state index contributed by atoms with van der Waals surface area (Å²) in [5.74, 6) is -1.37. The topological polar surface area (TPSA) is 108 Å². The molecule has 0 aliphatic rings. The summed E-state index contributed by atoms with van der Waals surface area (Å²) in [7, 11) is 0. The monoisotopic (exact) mass is 507 g/mol. The number of amides is 3. The standard InChI is InChI=1S/C29H37N3O5/c1-8-19(3)24(31-28(36)37-29(5,6)7)27(35)32(9-2)25(22-15-16-23(33)20(4)17-22)26(34)30-18-21-13-11-10-12-14-21/h2,10-17,19,24-25,33H,8,18H2,1,3-7H3,(H,30,34)(H,31,36). The third-order valence-electron chi connectivity index (χ3n) is 5.88. The number of phenols is 1. The van der Waals surface area contributed by atoms with Crippen LogP contribution < -0.4 is 10.6 Å². The molecule has 2 aromatic carbocycles. The summed E-state index contributed by atoms with van der Waals surface area (Å²) in [6.07, 6.45) is 5.63. The van der Waals surface area contributed by atoms with Crippen molar-refractivity contribution in [3.8, 4) is 18.2 Å². The van der Waals surface area contributed by atoms with E-state index in [1.807, 2.05) is 44.2 Å². The maximum absolute atomic E-state index is 13.8. The second-order valence-corrected chi connectivity index (χ2v) is 10.00. The second-order valence-electron chi connectivity index (χ2n) is 10.00. The summed E-state index contributed by atoms with van der Waals surface area (Å²) in [6, 6.07) is 14.1. The Morgan fingerprint density at radius 2 is 1.78 bits per heavy atom. The van der Waals surface area contributed by atoms with Crippen LogP contribution in [0, 0.1) is 25.3 Å². The van der Waals surface area contributed by atoms with Crippen molar-refractivity contribution < 1.29 is 24.2 Å². The van der Waals surface area contributed by atoms with Gasteiger partial charge in [0, 0.05) is 12.6 Å². The van der Waals surface area contributed by atoms with Gasteiger partial charge in [0.05, 0.1) is 0 Å². The Morgan fingerprint density at radius 1 is 1.14 bits per heavy atom. The van der Waals surface area contributed by atoms with E-state index in [2.05, 4.69) is 16.7 Å². The van der Waals surface area contributed by atoms with Crippen molar-refractivity contribution in [3.63, 3.8) is 0 Å². The van der Waals surface area contributed by atoms with Crippen molar-refractivity contribution in [2.24, 2.45) is 5.92 Å². The van der Waals surface area contributed by atoms with E-state index in [4.69, 9.17) is 11.2 Å². The van der Waals surface area contributed by atoms with Crippen molar-refractivity contribution in [3.05, 3.63) is 65.2 Å². The lowest BCUT2D eigenvalue weighted by molar-refractivity contribution is -0.139. The molecule has 2 aromatic rings. The van der Waals surface area contributed by atoms with E-state index in [0.717, 1.165) is 10.5 Å². The summed E-state index contributed by atoms with van der Waals surface area (Å²) in [6.45, 7) is 10.8. The van der Waals surface area contributed by atoms with Crippen LogP contribution >= 0.6 is 0 Å². The molecule has 198 valence electrons. The molecule has 0 bridgehead atoms. The largest absolute Gasteiger partial charge is 0.508 e. The fraction of sp³-hybridized carbons (Fsp3) is 0.414. The van der Waals surface area contributed by atoms with Gasteiger partial charge in [-0.2, -0.15) is 0 Å². The molecule has 2 rings (SSSR count). The second kappa shape index (κ2) is 12.8. The molecule has 3 atom stereocenters. The molecule has 0 radical (unpaired) electrons. The number of nitrogens with one attached hydrogen (secondary N) is 2. The first-order valence-electron chi connectivity index (χ1n) is 12.3. The van der Waals surface area contributed by atoms with Crippen LogP contribution in [0.1, 0.15) is 63.8 Å².